The molecule has 3 unspecified atom stereocenters. The third kappa shape index (κ3) is 3.20. The van der Waals surface area contributed by atoms with Gasteiger partial charge in [-0.05, 0) is 25.7 Å². The Balaban J connectivity index is 2.44. The molecule has 0 heterocycles. The summed E-state index contributed by atoms with van der Waals surface area (Å²) >= 11 is 0. The van der Waals surface area contributed by atoms with E-state index in [1.807, 2.05) is 0 Å². The number of carbonyl (C=O) groups excluding carboxylic acids is 1. The lowest BCUT2D eigenvalue weighted by Crippen LogP contribution is -2.43. The first-order chi connectivity index (χ1) is 7.04. The van der Waals surface area contributed by atoms with Crippen LogP contribution < -0.4 is 11.1 Å². The van der Waals surface area contributed by atoms with E-state index in [0.717, 1.165) is 12.8 Å². The fraction of sp³-hybridized carbons (Fsp3) is 0.800. The van der Waals surface area contributed by atoms with Gasteiger partial charge in [-0.15, -0.1) is 0 Å². The van der Waals surface area contributed by atoms with Gasteiger partial charge in [0.05, 0.1) is 0 Å². The molecule has 1 aliphatic carbocycles. The molecule has 0 aromatic heterocycles. The van der Waals surface area contributed by atoms with E-state index < -0.39 is 12.0 Å². The average Bonchev–Trinajstić information content (AvgIpc) is 2.60. The minimum absolute atomic E-state index is 0.0886. The highest BCUT2D eigenvalue weighted by molar-refractivity contribution is 5.85. The van der Waals surface area contributed by atoms with Gasteiger partial charge in [-0.3, -0.25) is 4.79 Å². The van der Waals surface area contributed by atoms with Crippen LogP contribution in [0.2, 0.25) is 0 Å². The highest BCUT2D eigenvalue weighted by atomic mass is 16.4. The van der Waals surface area contributed by atoms with Crippen molar-refractivity contribution in [2.24, 2.45) is 11.7 Å². The molecule has 0 radical (unpaired) electrons. The van der Waals surface area contributed by atoms with Crippen LogP contribution >= 0.6 is 0 Å². The molecule has 0 aromatic rings. The Kier molecular flexibility index (Phi) is 4.08. The molecule has 86 valence electrons. The van der Waals surface area contributed by atoms with Crippen LogP contribution in [0.25, 0.3) is 0 Å². The van der Waals surface area contributed by atoms with E-state index in [9.17, 15) is 9.59 Å². The van der Waals surface area contributed by atoms with E-state index in [0.29, 0.717) is 12.8 Å². The Bertz CT molecular complexity index is 255. The second kappa shape index (κ2) is 5.11. The molecule has 0 saturated heterocycles. The number of nitrogens with one attached hydrogen (secondary N) is 1. The predicted octanol–water partition coefficient (Wildman–Crippen LogP) is 0.0932. The lowest BCUT2D eigenvalue weighted by molar-refractivity contribution is -0.142. The van der Waals surface area contributed by atoms with Crippen LogP contribution in [0, 0.1) is 5.92 Å². The number of carboxylic acids is 1. The number of carbonyl (C=O) groups is 2. The molecule has 1 aliphatic rings. The summed E-state index contributed by atoms with van der Waals surface area (Å²) in [5, 5.41) is 11.3. The van der Waals surface area contributed by atoms with E-state index in [1.165, 1.54) is 0 Å². The fourth-order valence-electron chi connectivity index (χ4n) is 1.88. The zero-order valence-electron chi connectivity index (χ0n) is 8.90. The summed E-state index contributed by atoms with van der Waals surface area (Å²) in [6, 6.07) is -0.681. The summed E-state index contributed by atoms with van der Waals surface area (Å²) in [4.78, 5) is 22.3. The molecule has 5 nitrogen and oxygen atoms in total. The maximum absolute atomic E-state index is 11.6. The highest BCUT2D eigenvalue weighted by Crippen LogP contribution is 2.24. The SMILES string of the molecule is CCC(NC(=O)C1CCC(N)C1)C(=O)O. The van der Waals surface area contributed by atoms with E-state index in [2.05, 4.69) is 5.32 Å². The fourth-order valence-corrected chi connectivity index (χ4v) is 1.88. The first-order valence-electron chi connectivity index (χ1n) is 5.33. The maximum atomic E-state index is 11.6. The first-order valence-corrected chi connectivity index (χ1v) is 5.33. The normalized spacial score (nSPS) is 27.3. The Labute approximate surface area is 89.0 Å². The van der Waals surface area contributed by atoms with Crippen molar-refractivity contribution in [2.75, 3.05) is 0 Å². The van der Waals surface area contributed by atoms with Gasteiger partial charge in [-0.25, -0.2) is 4.79 Å². The highest BCUT2D eigenvalue weighted by Gasteiger charge is 2.29. The van der Waals surface area contributed by atoms with Gasteiger partial charge < -0.3 is 16.2 Å². The Morgan fingerprint density at radius 3 is 2.60 bits per heavy atom. The molecule has 0 aromatic carbocycles. The van der Waals surface area contributed by atoms with Crippen molar-refractivity contribution in [1.29, 1.82) is 0 Å². The average molecular weight is 214 g/mol. The van der Waals surface area contributed by atoms with E-state index in [-0.39, 0.29) is 17.9 Å². The van der Waals surface area contributed by atoms with Crippen LogP contribution in [0.4, 0.5) is 0 Å². The van der Waals surface area contributed by atoms with E-state index >= 15 is 0 Å². The monoisotopic (exact) mass is 214 g/mol. The Morgan fingerprint density at radius 1 is 1.53 bits per heavy atom. The lowest BCUT2D eigenvalue weighted by atomic mass is 10.1. The predicted molar refractivity (Wildman–Crippen MR) is 55.2 cm³/mol. The van der Waals surface area contributed by atoms with E-state index in [1.54, 1.807) is 6.92 Å². The first kappa shape index (κ1) is 12.0. The molecule has 1 saturated carbocycles. The van der Waals surface area contributed by atoms with Crippen molar-refractivity contribution in [2.45, 2.75) is 44.7 Å². The van der Waals surface area contributed by atoms with Gasteiger partial charge in [0, 0.05) is 12.0 Å². The summed E-state index contributed by atoms with van der Waals surface area (Å²) in [6.45, 7) is 1.74. The number of hydrogen-bond acceptors (Lipinski definition) is 3. The molecule has 5 heteroatoms. The molecule has 1 fully saturated rings. The van der Waals surface area contributed by atoms with Crippen LogP contribution in [0.3, 0.4) is 0 Å². The molecule has 3 atom stereocenters. The maximum Gasteiger partial charge on any atom is 0.326 e. The van der Waals surface area contributed by atoms with Crippen molar-refractivity contribution >= 4 is 11.9 Å². The van der Waals surface area contributed by atoms with Crippen molar-refractivity contribution in [3.8, 4) is 0 Å². The molecule has 15 heavy (non-hydrogen) atoms. The Morgan fingerprint density at radius 2 is 2.20 bits per heavy atom. The minimum atomic E-state index is -0.979. The number of hydrogen-bond donors (Lipinski definition) is 3. The van der Waals surface area contributed by atoms with E-state index in [4.69, 9.17) is 10.8 Å². The van der Waals surface area contributed by atoms with Gasteiger partial charge in [0.1, 0.15) is 6.04 Å². The van der Waals surface area contributed by atoms with Crippen molar-refractivity contribution < 1.29 is 14.7 Å². The van der Waals surface area contributed by atoms with Crippen molar-refractivity contribution in [1.82, 2.24) is 5.32 Å². The van der Waals surface area contributed by atoms with Crippen molar-refractivity contribution in [3.05, 3.63) is 0 Å². The molecule has 0 spiro atoms. The summed E-state index contributed by atoms with van der Waals surface area (Å²) < 4.78 is 0. The second-order valence-electron chi connectivity index (χ2n) is 4.08. The van der Waals surface area contributed by atoms with Crippen LogP contribution in [-0.4, -0.2) is 29.1 Å². The van der Waals surface area contributed by atoms with Gasteiger partial charge in [-0.1, -0.05) is 6.92 Å². The van der Waals surface area contributed by atoms with Crippen LogP contribution in [0.5, 0.6) is 0 Å². The standard InChI is InChI=1S/C10H18N2O3/c1-2-8(10(14)15)12-9(13)6-3-4-7(11)5-6/h6-8H,2-5,11H2,1H3,(H,12,13)(H,14,15). The molecule has 0 bridgehead atoms. The third-order valence-corrected chi connectivity index (χ3v) is 2.87. The third-order valence-electron chi connectivity index (χ3n) is 2.87. The molecule has 1 amide bonds. The number of amides is 1. The summed E-state index contributed by atoms with van der Waals surface area (Å²) in [7, 11) is 0. The van der Waals surface area contributed by atoms with Gasteiger partial charge >= 0.3 is 5.97 Å². The zero-order valence-corrected chi connectivity index (χ0v) is 8.90. The van der Waals surface area contributed by atoms with Crippen LogP contribution in [0.15, 0.2) is 0 Å². The Hall–Kier alpha value is -1.10. The van der Waals surface area contributed by atoms with Gasteiger partial charge in [-0.2, -0.15) is 0 Å². The summed E-state index contributed by atoms with van der Waals surface area (Å²) in [5.41, 5.74) is 5.69. The minimum Gasteiger partial charge on any atom is -0.480 e. The van der Waals surface area contributed by atoms with Crippen LogP contribution in [-0.2, 0) is 9.59 Å². The number of rotatable bonds is 4. The van der Waals surface area contributed by atoms with Crippen LogP contribution in [0.1, 0.15) is 32.6 Å². The molecular formula is C10H18N2O3. The smallest absolute Gasteiger partial charge is 0.326 e. The number of carboxylic acid groups (broad SMARTS) is 1. The topological polar surface area (TPSA) is 92.4 Å². The summed E-state index contributed by atoms with van der Waals surface area (Å²) in [6.07, 6.45) is 2.69. The van der Waals surface area contributed by atoms with Gasteiger partial charge in [0.2, 0.25) is 5.91 Å². The van der Waals surface area contributed by atoms with Gasteiger partial charge in [0.15, 0.2) is 0 Å². The number of aliphatic carboxylic acids is 1. The largest absolute Gasteiger partial charge is 0.480 e. The molecule has 1 rings (SSSR count). The number of nitrogens with two attached hydrogens (primary N) is 1. The van der Waals surface area contributed by atoms with Gasteiger partial charge in [0.25, 0.3) is 0 Å². The molecule has 4 N–H and O–H groups in total. The quantitative estimate of drug-likeness (QED) is 0.618. The molecular weight excluding hydrogens is 196 g/mol. The summed E-state index contributed by atoms with van der Waals surface area (Å²) in [5.74, 6) is -1.25. The molecule has 0 aliphatic heterocycles. The second-order valence-corrected chi connectivity index (χ2v) is 4.08. The lowest BCUT2D eigenvalue weighted by Gasteiger charge is -2.15. The zero-order chi connectivity index (χ0) is 11.4. The van der Waals surface area contributed by atoms with Crippen molar-refractivity contribution in [3.63, 3.8) is 0 Å².